The first-order valence-corrected chi connectivity index (χ1v) is 8.09. The van der Waals surface area contributed by atoms with E-state index in [2.05, 4.69) is 10.6 Å². The highest BCUT2D eigenvalue weighted by Gasteiger charge is 2.49. The van der Waals surface area contributed by atoms with Crippen molar-refractivity contribution < 1.29 is 14.4 Å². The van der Waals surface area contributed by atoms with Crippen LogP contribution in [-0.4, -0.2) is 34.8 Å². The molecule has 4 amide bonds. The maximum absolute atomic E-state index is 12.8. The lowest BCUT2D eigenvalue weighted by atomic mass is 9.91. The molecule has 7 heteroatoms. The maximum Gasteiger partial charge on any atom is 0.325 e. The number of nitrogens with zero attached hydrogens (tertiary/aromatic N) is 2. The van der Waals surface area contributed by atoms with Crippen LogP contribution in [0.25, 0.3) is 0 Å². The molecule has 0 aromatic heterocycles. The maximum atomic E-state index is 12.8. The molecular weight excluding hydrogens is 320 g/mol. The monoisotopic (exact) mass is 342 g/mol. The Morgan fingerprint density at radius 3 is 2.44 bits per heavy atom. The van der Waals surface area contributed by atoms with Gasteiger partial charge in [0.2, 0.25) is 5.91 Å². The summed E-state index contributed by atoms with van der Waals surface area (Å²) in [5.74, 6) is -0.883. The van der Waals surface area contributed by atoms with Gasteiger partial charge in [-0.05, 0) is 44.9 Å². The third-order valence-corrected chi connectivity index (χ3v) is 4.53. The van der Waals surface area contributed by atoms with Gasteiger partial charge in [-0.25, -0.2) is 4.79 Å². The van der Waals surface area contributed by atoms with Gasteiger partial charge in [0.05, 0.1) is 11.6 Å². The number of nitrogens with one attached hydrogen (secondary N) is 2. The lowest BCUT2D eigenvalue weighted by Gasteiger charge is -2.26. The molecule has 0 radical (unpaired) electrons. The number of benzene rings is 1. The first-order chi connectivity index (χ1) is 11.6. The van der Waals surface area contributed by atoms with Crippen molar-refractivity contribution in [2.24, 2.45) is 0 Å². The summed E-state index contributed by atoms with van der Waals surface area (Å²) in [6, 6.07) is 7.81. The normalized spacial score (nSPS) is 20.2. The van der Waals surface area contributed by atoms with Gasteiger partial charge in [0.1, 0.15) is 12.1 Å². The van der Waals surface area contributed by atoms with Crippen molar-refractivity contribution in [1.29, 1.82) is 5.26 Å². The van der Waals surface area contributed by atoms with E-state index < -0.39 is 23.0 Å². The molecule has 2 rings (SSSR count). The van der Waals surface area contributed by atoms with Gasteiger partial charge in [-0.15, -0.1) is 0 Å². The third kappa shape index (κ3) is 3.63. The van der Waals surface area contributed by atoms with Gasteiger partial charge in [-0.2, -0.15) is 5.26 Å². The molecule has 0 saturated carbocycles. The van der Waals surface area contributed by atoms with Crippen LogP contribution < -0.4 is 10.6 Å². The molecule has 1 heterocycles. The Bertz CT molecular complexity index is 749. The Morgan fingerprint density at radius 1 is 1.32 bits per heavy atom. The molecule has 1 atom stereocenters. The average molecular weight is 342 g/mol. The summed E-state index contributed by atoms with van der Waals surface area (Å²) in [7, 11) is 0. The van der Waals surface area contributed by atoms with Crippen LogP contribution in [0.2, 0.25) is 0 Å². The van der Waals surface area contributed by atoms with Gasteiger partial charge in [-0.1, -0.05) is 19.1 Å². The van der Waals surface area contributed by atoms with Gasteiger partial charge >= 0.3 is 6.03 Å². The highest BCUT2D eigenvalue weighted by atomic mass is 16.2. The van der Waals surface area contributed by atoms with Crippen LogP contribution in [0.15, 0.2) is 24.3 Å². The third-order valence-electron chi connectivity index (χ3n) is 4.53. The van der Waals surface area contributed by atoms with Gasteiger partial charge in [0.25, 0.3) is 5.91 Å². The predicted octanol–water partition coefficient (Wildman–Crippen LogP) is 1.63. The quantitative estimate of drug-likeness (QED) is 0.794. The van der Waals surface area contributed by atoms with Crippen LogP contribution >= 0.6 is 0 Å². The molecule has 25 heavy (non-hydrogen) atoms. The molecule has 0 spiro atoms. The number of imide groups is 1. The summed E-state index contributed by atoms with van der Waals surface area (Å²) >= 11 is 0. The molecule has 2 N–H and O–H groups in total. The number of nitriles is 1. The van der Waals surface area contributed by atoms with Gasteiger partial charge in [0.15, 0.2) is 0 Å². The van der Waals surface area contributed by atoms with Crippen LogP contribution in [0.1, 0.15) is 45.2 Å². The minimum absolute atomic E-state index is 0.333. The second kappa shape index (κ2) is 6.55. The summed E-state index contributed by atoms with van der Waals surface area (Å²) in [5.41, 5.74) is -0.651. The Hall–Kier alpha value is -2.88. The Kier molecular flexibility index (Phi) is 4.84. The topological polar surface area (TPSA) is 102 Å². The van der Waals surface area contributed by atoms with E-state index >= 15 is 0 Å². The minimum atomic E-state index is -1.26. The smallest absolute Gasteiger partial charge is 0.325 e. The van der Waals surface area contributed by atoms with Crippen molar-refractivity contribution in [2.75, 3.05) is 6.54 Å². The Morgan fingerprint density at radius 2 is 1.92 bits per heavy atom. The highest BCUT2D eigenvalue weighted by molar-refractivity contribution is 6.09. The summed E-state index contributed by atoms with van der Waals surface area (Å²) < 4.78 is 0. The second-order valence-electron chi connectivity index (χ2n) is 6.92. The number of urea groups is 1. The van der Waals surface area contributed by atoms with Crippen molar-refractivity contribution in [2.45, 2.75) is 45.2 Å². The van der Waals surface area contributed by atoms with Crippen LogP contribution in [-0.2, 0) is 15.1 Å². The molecule has 1 aromatic rings. The molecule has 0 aliphatic carbocycles. The summed E-state index contributed by atoms with van der Waals surface area (Å²) in [5, 5.41) is 14.3. The summed E-state index contributed by atoms with van der Waals surface area (Å²) in [6.45, 7) is 6.94. The number of amides is 4. The number of carbonyl (C=O) groups is 3. The van der Waals surface area contributed by atoms with E-state index in [-0.39, 0.29) is 12.5 Å². The van der Waals surface area contributed by atoms with Crippen molar-refractivity contribution in [3.05, 3.63) is 35.4 Å². The number of hydrogen-bond donors (Lipinski definition) is 2. The molecule has 7 nitrogen and oxygen atoms in total. The molecule has 1 aliphatic heterocycles. The first kappa shape index (κ1) is 18.5. The SMILES string of the molecule is CCC(C)(C)NC(=O)CN1C(=O)NC(C)(c2ccc(C#N)cc2)C1=O. The summed E-state index contributed by atoms with van der Waals surface area (Å²) in [6.07, 6.45) is 0.724. The zero-order chi connectivity index (χ0) is 18.8. The van der Waals surface area contributed by atoms with E-state index in [1.807, 2.05) is 26.8 Å². The minimum Gasteiger partial charge on any atom is -0.350 e. The summed E-state index contributed by atoms with van der Waals surface area (Å²) in [4.78, 5) is 38.1. The Balaban J connectivity index is 2.18. The zero-order valence-electron chi connectivity index (χ0n) is 14.8. The van der Waals surface area contributed by atoms with Crippen molar-refractivity contribution in [1.82, 2.24) is 15.5 Å². The van der Waals surface area contributed by atoms with Crippen LogP contribution in [0.5, 0.6) is 0 Å². The average Bonchev–Trinajstić information content (AvgIpc) is 2.78. The van der Waals surface area contributed by atoms with Crippen molar-refractivity contribution in [3.63, 3.8) is 0 Å². The molecule has 0 bridgehead atoms. The van der Waals surface area contributed by atoms with Crippen LogP contribution in [0, 0.1) is 11.3 Å². The predicted molar refractivity (Wildman–Crippen MR) is 91.3 cm³/mol. The molecule has 1 aliphatic rings. The Labute approximate surface area is 147 Å². The highest BCUT2D eigenvalue weighted by Crippen LogP contribution is 2.28. The molecule has 1 aromatic carbocycles. The molecule has 132 valence electrons. The number of rotatable bonds is 5. The lowest BCUT2D eigenvalue weighted by Crippen LogP contribution is -2.49. The fourth-order valence-corrected chi connectivity index (χ4v) is 2.56. The number of carbonyl (C=O) groups excluding carboxylic acids is 3. The first-order valence-electron chi connectivity index (χ1n) is 8.09. The van der Waals surface area contributed by atoms with E-state index in [9.17, 15) is 14.4 Å². The van der Waals surface area contributed by atoms with Gasteiger partial charge < -0.3 is 10.6 Å². The molecule has 1 fully saturated rings. The van der Waals surface area contributed by atoms with Crippen LogP contribution in [0.3, 0.4) is 0 Å². The van der Waals surface area contributed by atoms with E-state index in [1.165, 1.54) is 0 Å². The fourth-order valence-electron chi connectivity index (χ4n) is 2.56. The fraction of sp³-hybridized carbons (Fsp3) is 0.444. The van der Waals surface area contributed by atoms with E-state index in [1.54, 1.807) is 31.2 Å². The standard InChI is InChI=1S/C18H22N4O3/c1-5-17(2,3)20-14(23)11-22-15(24)18(4,21-16(22)25)13-8-6-12(10-19)7-9-13/h6-9H,5,11H2,1-4H3,(H,20,23)(H,21,25). The zero-order valence-corrected chi connectivity index (χ0v) is 14.8. The number of hydrogen-bond acceptors (Lipinski definition) is 4. The van der Waals surface area contributed by atoms with Crippen LogP contribution in [0.4, 0.5) is 4.79 Å². The second-order valence-corrected chi connectivity index (χ2v) is 6.92. The van der Waals surface area contributed by atoms with Crippen molar-refractivity contribution >= 4 is 17.8 Å². The molecule has 1 unspecified atom stereocenters. The van der Waals surface area contributed by atoms with E-state index in [0.29, 0.717) is 11.1 Å². The van der Waals surface area contributed by atoms with Gasteiger partial charge in [0, 0.05) is 5.54 Å². The molecular formula is C18H22N4O3. The lowest BCUT2D eigenvalue weighted by molar-refractivity contribution is -0.135. The molecule has 1 saturated heterocycles. The largest absolute Gasteiger partial charge is 0.350 e. The van der Waals surface area contributed by atoms with E-state index in [0.717, 1.165) is 11.3 Å². The van der Waals surface area contributed by atoms with Gasteiger partial charge in [-0.3, -0.25) is 14.5 Å². The van der Waals surface area contributed by atoms with Crippen molar-refractivity contribution in [3.8, 4) is 6.07 Å². The van der Waals surface area contributed by atoms with E-state index in [4.69, 9.17) is 5.26 Å².